The van der Waals surface area contributed by atoms with Gasteiger partial charge in [0.15, 0.2) is 5.16 Å². The van der Waals surface area contributed by atoms with Gasteiger partial charge in [0.1, 0.15) is 5.25 Å². The van der Waals surface area contributed by atoms with Crippen LogP contribution in [0.5, 0.6) is 0 Å². The third-order valence-electron chi connectivity index (χ3n) is 4.39. The molecule has 9 heteroatoms. The number of para-hydroxylation sites is 2. The van der Waals surface area contributed by atoms with E-state index < -0.39 is 15.3 Å². The molecule has 0 bridgehead atoms. The largest absolute Gasteiger partial charge is 0.333 e. The first-order chi connectivity index (χ1) is 14.4. The first-order valence-corrected chi connectivity index (χ1v) is 11.4. The number of benzene rings is 3. The van der Waals surface area contributed by atoms with Gasteiger partial charge in [-0.05, 0) is 42.0 Å². The molecule has 4 aromatic rings. The highest BCUT2D eigenvalue weighted by Gasteiger charge is 2.24. The molecule has 1 aromatic heterocycles. The van der Waals surface area contributed by atoms with Gasteiger partial charge in [0, 0.05) is 5.69 Å². The van der Waals surface area contributed by atoms with Crippen LogP contribution in [0.1, 0.15) is 10.8 Å². The van der Waals surface area contributed by atoms with Gasteiger partial charge >= 0.3 is 0 Å². The quantitative estimate of drug-likeness (QED) is 0.397. The molecule has 152 valence electrons. The summed E-state index contributed by atoms with van der Waals surface area (Å²) in [6.45, 7) is 0. The van der Waals surface area contributed by atoms with E-state index in [1.54, 1.807) is 0 Å². The molecule has 4 N–H and O–H groups in total. The summed E-state index contributed by atoms with van der Waals surface area (Å²) in [7, 11) is -3.79. The van der Waals surface area contributed by atoms with Crippen LogP contribution in [0, 0.1) is 0 Å². The van der Waals surface area contributed by atoms with Crippen LogP contribution in [0.15, 0.2) is 88.9 Å². The van der Waals surface area contributed by atoms with Gasteiger partial charge < -0.3 is 10.3 Å². The molecule has 1 heterocycles. The molecule has 0 unspecified atom stereocenters. The third-order valence-corrected chi connectivity index (χ3v) is 6.46. The summed E-state index contributed by atoms with van der Waals surface area (Å²) in [6, 6.07) is 22.8. The lowest BCUT2D eigenvalue weighted by Crippen LogP contribution is -2.19. The van der Waals surface area contributed by atoms with E-state index in [0.717, 1.165) is 16.6 Å². The van der Waals surface area contributed by atoms with Crippen molar-refractivity contribution in [3.63, 3.8) is 0 Å². The molecule has 4 rings (SSSR count). The summed E-state index contributed by atoms with van der Waals surface area (Å²) in [5.41, 5.74) is 3.01. The number of H-pyrrole nitrogens is 1. The van der Waals surface area contributed by atoms with Crippen LogP contribution in [0.2, 0.25) is 0 Å². The molecule has 0 aliphatic rings. The lowest BCUT2D eigenvalue weighted by Gasteiger charge is -2.16. The van der Waals surface area contributed by atoms with Crippen molar-refractivity contribution in [2.24, 2.45) is 5.14 Å². The molecular weight excluding hydrogens is 420 g/mol. The number of aromatic nitrogens is 2. The first kappa shape index (κ1) is 20.1. The molecule has 0 saturated carbocycles. The molecule has 0 radical (unpaired) electrons. The minimum absolute atomic E-state index is 0.0169. The van der Waals surface area contributed by atoms with Gasteiger partial charge in [-0.1, -0.05) is 54.2 Å². The minimum atomic E-state index is -3.79. The Morgan fingerprint density at radius 1 is 0.967 bits per heavy atom. The Bertz CT molecular complexity index is 1250. The maximum absolute atomic E-state index is 13.1. The zero-order valence-electron chi connectivity index (χ0n) is 15.6. The Labute approximate surface area is 177 Å². The van der Waals surface area contributed by atoms with Crippen molar-refractivity contribution in [3.05, 3.63) is 84.4 Å². The summed E-state index contributed by atoms with van der Waals surface area (Å²) >= 11 is 1.31. The van der Waals surface area contributed by atoms with Gasteiger partial charge in [-0.15, -0.1) is 0 Å². The highest BCUT2D eigenvalue weighted by atomic mass is 32.2. The minimum Gasteiger partial charge on any atom is -0.333 e. The van der Waals surface area contributed by atoms with E-state index in [2.05, 4.69) is 15.3 Å². The number of amides is 1. The zero-order chi connectivity index (χ0) is 21.1. The average Bonchev–Trinajstić information content (AvgIpc) is 3.15. The van der Waals surface area contributed by atoms with Crippen LogP contribution in [-0.2, 0) is 14.8 Å². The van der Waals surface area contributed by atoms with Crippen LogP contribution < -0.4 is 10.5 Å². The van der Waals surface area contributed by atoms with E-state index in [1.807, 2.05) is 54.6 Å². The normalized spacial score (nSPS) is 12.6. The van der Waals surface area contributed by atoms with Crippen LogP contribution in [-0.4, -0.2) is 24.3 Å². The highest BCUT2D eigenvalue weighted by molar-refractivity contribution is 8.00. The SMILES string of the molecule is NS(=O)(=O)c1ccc(NC(=O)[C@H](Sc2nc3ccccc3[nH]2)c2ccccc2)cc1. The number of rotatable bonds is 6. The number of carbonyl (C=O) groups is 1. The van der Waals surface area contributed by atoms with Crippen LogP contribution in [0.25, 0.3) is 11.0 Å². The van der Waals surface area contributed by atoms with E-state index in [-0.39, 0.29) is 10.8 Å². The number of sulfonamides is 1. The van der Waals surface area contributed by atoms with E-state index in [0.29, 0.717) is 10.8 Å². The molecular formula is C21H18N4O3S2. The predicted molar refractivity (Wildman–Crippen MR) is 118 cm³/mol. The van der Waals surface area contributed by atoms with Gasteiger partial charge in [-0.3, -0.25) is 4.79 Å². The van der Waals surface area contributed by atoms with Crippen molar-refractivity contribution in [2.45, 2.75) is 15.3 Å². The zero-order valence-corrected chi connectivity index (χ0v) is 17.3. The Morgan fingerprint density at radius 3 is 2.30 bits per heavy atom. The molecule has 1 amide bonds. The number of nitrogens with zero attached hydrogens (tertiary/aromatic N) is 1. The number of hydrogen-bond acceptors (Lipinski definition) is 5. The third kappa shape index (κ3) is 4.54. The Kier molecular flexibility index (Phi) is 5.58. The molecule has 0 aliphatic carbocycles. The number of nitrogens with two attached hydrogens (primary N) is 1. The smallest absolute Gasteiger partial charge is 0.242 e. The molecule has 3 aromatic carbocycles. The van der Waals surface area contributed by atoms with Crippen molar-refractivity contribution in [1.29, 1.82) is 0 Å². The molecule has 30 heavy (non-hydrogen) atoms. The van der Waals surface area contributed by atoms with Gasteiger partial charge in [0.25, 0.3) is 0 Å². The number of fused-ring (bicyclic) bond motifs is 1. The summed E-state index contributed by atoms with van der Waals surface area (Å²) < 4.78 is 22.8. The van der Waals surface area contributed by atoms with E-state index in [1.165, 1.54) is 36.0 Å². The Balaban J connectivity index is 1.60. The van der Waals surface area contributed by atoms with E-state index in [9.17, 15) is 13.2 Å². The number of thioether (sulfide) groups is 1. The number of carbonyl (C=O) groups excluding carboxylic acids is 1. The summed E-state index contributed by atoms with van der Waals surface area (Å²) in [4.78, 5) is 20.9. The standard InChI is InChI=1S/C21H18N4O3S2/c22-30(27,28)16-12-10-15(11-13-16)23-20(26)19(14-6-2-1-3-7-14)29-21-24-17-8-4-5-9-18(17)25-21/h1-13,19H,(H,23,26)(H,24,25)(H2,22,27,28)/t19-/m1/s1. The molecule has 0 saturated heterocycles. The van der Waals surface area contributed by atoms with Crippen LogP contribution >= 0.6 is 11.8 Å². The van der Waals surface area contributed by atoms with Crippen molar-refractivity contribution < 1.29 is 13.2 Å². The van der Waals surface area contributed by atoms with Crippen LogP contribution in [0.3, 0.4) is 0 Å². The second kappa shape index (κ2) is 8.31. The number of nitrogens with one attached hydrogen (secondary N) is 2. The molecule has 0 spiro atoms. The lowest BCUT2D eigenvalue weighted by atomic mass is 10.1. The number of hydrogen-bond donors (Lipinski definition) is 3. The van der Waals surface area contributed by atoms with Crippen molar-refractivity contribution in [3.8, 4) is 0 Å². The maximum atomic E-state index is 13.1. The Morgan fingerprint density at radius 2 is 1.63 bits per heavy atom. The molecule has 1 atom stereocenters. The van der Waals surface area contributed by atoms with Gasteiger partial charge in [0.2, 0.25) is 15.9 Å². The van der Waals surface area contributed by atoms with Gasteiger partial charge in [-0.2, -0.15) is 0 Å². The fourth-order valence-electron chi connectivity index (χ4n) is 2.93. The lowest BCUT2D eigenvalue weighted by molar-refractivity contribution is -0.115. The summed E-state index contributed by atoms with van der Waals surface area (Å²) in [5.74, 6) is -0.255. The van der Waals surface area contributed by atoms with Gasteiger partial charge in [-0.25, -0.2) is 18.5 Å². The number of anilines is 1. The Hall–Kier alpha value is -3.14. The maximum Gasteiger partial charge on any atom is 0.242 e. The first-order valence-electron chi connectivity index (χ1n) is 9.00. The van der Waals surface area contributed by atoms with E-state index >= 15 is 0 Å². The molecule has 7 nitrogen and oxygen atoms in total. The topological polar surface area (TPSA) is 118 Å². The van der Waals surface area contributed by atoms with Gasteiger partial charge in [0.05, 0.1) is 15.9 Å². The molecule has 0 fully saturated rings. The monoisotopic (exact) mass is 438 g/mol. The number of imidazole rings is 1. The number of primary sulfonamides is 1. The molecule has 0 aliphatic heterocycles. The fourth-order valence-corrected chi connectivity index (χ4v) is 4.45. The number of aromatic amines is 1. The summed E-state index contributed by atoms with van der Waals surface area (Å²) in [5, 5.41) is 8.02. The fraction of sp³-hybridized carbons (Fsp3) is 0.0476. The highest BCUT2D eigenvalue weighted by Crippen LogP contribution is 2.35. The van der Waals surface area contributed by atoms with Crippen LogP contribution in [0.4, 0.5) is 5.69 Å². The van der Waals surface area contributed by atoms with Crippen molar-refractivity contribution >= 4 is 44.4 Å². The average molecular weight is 439 g/mol. The second-order valence-corrected chi connectivity index (χ2v) is 9.18. The predicted octanol–water partition coefficient (Wildman–Crippen LogP) is 3.68. The summed E-state index contributed by atoms with van der Waals surface area (Å²) in [6.07, 6.45) is 0. The van der Waals surface area contributed by atoms with Crippen molar-refractivity contribution in [1.82, 2.24) is 9.97 Å². The second-order valence-electron chi connectivity index (χ2n) is 6.53. The van der Waals surface area contributed by atoms with E-state index in [4.69, 9.17) is 5.14 Å². The van der Waals surface area contributed by atoms with Crippen molar-refractivity contribution in [2.75, 3.05) is 5.32 Å².